The SMILES string of the molecule is CC(C)(C)OC(=O)N1C=CN2CC=NC=C2C1. The Kier molecular flexibility index (Phi) is 2.92. The van der Waals surface area contributed by atoms with E-state index in [0.29, 0.717) is 6.54 Å². The van der Waals surface area contributed by atoms with E-state index in [-0.39, 0.29) is 6.09 Å². The first kappa shape index (κ1) is 11.7. The molecule has 0 spiro atoms. The molecular formula is C12H17N3O2. The molecule has 0 saturated carbocycles. The maximum Gasteiger partial charge on any atom is 0.414 e. The van der Waals surface area contributed by atoms with Crippen LogP contribution in [0, 0.1) is 0 Å². The molecule has 2 aliphatic rings. The Balaban J connectivity index is 2.05. The highest BCUT2D eigenvalue weighted by atomic mass is 16.6. The second kappa shape index (κ2) is 4.24. The first-order valence-electron chi connectivity index (χ1n) is 5.61. The van der Waals surface area contributed by atoms with Crippen molar-refractivity contribution >= 4 is 12.3 Å². The van der Waals surface area contributed by atoms with Crippen LogP contribution in [-0.2, 0) is 4.74 Å². The van der Waals surface area contributed by atoms with Gasteiger partial charge in [0.1, 0.15) is 5.60 Å². The quantitative estimate of drug-likeness (QED) is 0.644. The number of hydrogen-bond acceptors (Lipinski definition) is 4. The van der Waals surface area contributed by atoms with E-state index in [0.717, 1.165) is 12.2 Å². The van der Waals surface area contributed by atoms with Crippen LogP contribution in [0.2, 0.25) is 0 Å². The molecule has 0 unspecified atom stereocenters. The highest BCUT2D eigenvalue weighted by Crippen LogP contribution is 2.18. The minimum atomic E-state index is -0.471. The molecule has 0 aromatic carbocycles. The lowest BCUT2D eigenvalue weighted by atomic mass is 10.2. The molecule has 0 N–H and O–H groups in total. The van der Waals surface area contributed by atoms with E-state index >= 15 is 0 Å². The highest BCUT2D eigenvalue weighted by molar-refractivity contribution is 5.70. The van der Waals surface area contributed by atoms with Gasteiger partial charge in [-0.1, -0.05) is 0 Å². The van der Waals surface area contributed by atoms with Gasteiger partial charge >= 0.3 is 6.09 Å². The molecule has 0 fully saturated rings. The van der Waals surface area contributed by atoms with Crippen LogP contribution in [0.5, 0.6) is 0 Å². The number of amides is 1. The Morgan fingerprint density at radius 3 is 2.88 bits per heavy atom. The average molecular weight is 235 g/mol. The number of nitrogens with zero attached hydrogens (tertiary/aromatic N) is 3. The minimum absolute atomic E-state index is 0.330. The van der Waals surface area contributed by atoms with Crippen molar-refractivity contribution in [2.24, 2.45) is 4.99 Å². The van der Waals surface area contributed by atoms with Crippen LogP contribution >= 0.6 is 0 Å². The molecule has 2 aliphatic heterocycles. The zero-order chi connectivity index (χ0) is 12.5. The minimum Gasteiger partial charge on any atom is -0.443 e. The molecule has 0 aromatic rings. The molecule has 0 atom stereocenters. The van der Waals surface area contributed by atoms with E-state index in [9.17, 15) is 4.79 Å². The van der Waals surface area contributed by atoms with E-state index in [1.54, 1.807) is 17.3 Å². The number of ether oxygens (including phenoxy) is 1. The van der Waals surface area contributed by atoms with Crippen LogP contribution in [0.15, 0.2) is 29.3 Å². The number of aliphatic imine (C=N–C) groups is 1. The Bertz CT molecular complexity index is 404. The summed E-state index contributed by atoms with van der Waals surface area (Å²) in [5, 5.41) is 0. The monoisotopic (exact) mass is 235 g/mol. The summed E-state index contributed by atoms with van der Waals surface area (Å²) < 4.78 is 5.31. The zero-order valence-corrected chi connectivity index (χ0v) is 10.4. The Morgan fingerprint density at radius 1 is 1.41 bits per heavy atom. The van der Waals surface area contributed by atoms with Gasteiger partial charge in [0.05, 0.1) is 18.8 Å². The van der Waals surface area contributed by atoms with Gasteiger partial charge < -0.3 is 9.64 Å². The molecule has 1 amide bonds. The third-order valence-electron chi connectivity index (χ3n) is 2.36. The van der Waals surface area contributed by atoms with Crippen molar-refractivity contribution in [1.82, 2.24) is 9.80 Å². The van der Waals surface area contributed by atoms with Crippen molar-refractivity contribution in [3.8, 4) is 0 Å². The number of carbonyl (C=O) groups excluding carboxylic acids is 1. The van der Waals surface area contributed by atoms with Gasteiger partial charge in [-0.2, -0.15) is 0 Å². The summed E-state index contributed by atoms with van der Waals surface area (Å²) in [5.41, 5.74) is 0.530. The molecule has 0 radical (unpaired) electrons. The lowest BCUT2D eigenvalue weighted by Gasteiger charge is -2.33. The van der Waals surface area contributed by atoms with Gasteiger partial charge in [0.2, 0.25) is 0 Å². The van der Waals surface area contributed by atoms with Crippen LogP contribution in [0.1, 0.15) is 20.8 Å². The van der Waals surface area contributed by atoms with Crippen molar-refractivity contribution in [3.05, 3.63) is 24.3 Å². The Hall–Kier alpha value is -1.78. The number of hydrogen-bond donors (Lipinski definition) is 0. The van der Waals surface area contributed by atoms with E-state index in [4.69, 9.17) is 4.74 Å². The lowest BCUT2D eigenvalue weighted by Crippen LogP contribution is -2.40. The van der Waals surface area contributed by atoms with Gasteiger partial charge in [0, 0.05) is 24.8 Å². The molecule has 0 aliphatic carbocycles. The summed E-state index contributed by atoms with van der Waals surface area (Å²) in [5.74, 6) is 0. The Labute approximate surface area is 101 Å². The topological polar surface area (TPSA) is 45.1 Å². The molecule has 0 aromatic heterocycles. The first-order chi connectivity index (χ1) is 7.96. The predicted molar refractivity (Wildman–Crippen MR) is 65.4 cm³/mol. The molecule has 2 heterocycles. The van der Waals surface area contributed by atoms with E-state index in [2.05, 4.69) is 4.99 Å². The summed E-state index contributed by atoms with van der Waals surface area (Å²) in [6.45, 7) is 6.83. The lowest BCUT2D eigenvalue weighted by molar-refractivity contribution is 0.0330. The van der Waals surface area contributed by atoms with Gasteiger partial charge in [-0.25, -0.2) is 4.79 Å². The van der Waals surface area contributed by atoms with E-state index in [1.165, 1.54) is 0 Å². The van der Waals surface area contributed by atoms with Gasteiger partial charge in [0.15, 0.2) is 0 Å². The van der Waals surface area contributed by atoms with Crippen LogP contribution in [0.3, 0.4) is 0 Å². The molecule has 5 nitrogen and oxygen atoms in total. The molecular weight excluding hydrogens is 218 g/mol. The summed E-state index contributed by atoms with van der Waals surface area (Å²) in [6, 6.07) is 0. The zero-order valence-electron chi connectivity index (χ0n) is 10.4. The molecule has 5 heteroatoms. The maximum atomic E-state index is 11.9. The van der Waals surface area contributed by atoms with Crippen molar-refractivity contribution < 1.29 is 9.53 Å². The average Bonchev–Trinajstić information content (AvgIpc) is 2.26. The second-order valence-corrected chi connectivity index (χ2v) is 5.01. The predicted octanol–water partition coefficient (Wildman–Crippen LogP) is 1.94. The molecule has 17 heavy (non-hydrogen) atoms. The maximum absolute atomic E-state index is 11.9. The van der Waals surface area contributed by atoms with Crippen LogP contribution in [0.4, 0.5) is 4.79 Å². The largest absolute Gasteiger partial charge is 0.443 e. The van der Waals surface area contributed by atoms with Crippen LogP contribution in [0.25, 0.3) is 0 Å². The van der Waals surface area contributed by atoms with Gasteiger partial charge in [-0.15, -0.1) is 0 Å². The third-order valence-corrected chi connectivity index (χ3v) is 2.36. The fourth-order valence-corrected chi connectivity index (χ4v) is 1.59. The summed E-state index contributed by atoms with van der Waals surface area (Å²) in [7, 11) is 0. The van der Waals surface area contributed by atoms with Crippen molar-refractivity contribution in [2.45, 2.75) is 26.4 Å². The molecule has 0 bridgehead atoms. The summed E-state index contributed by atoms with van der Waals surface area (Å²) in [6.07, 6.45) is 6.87. The van der Waals surface area contributed by atoms with Gasteiger partial charge in [-0.3, -0.25) is 9.89 Å². The standard InChI is InChI=1S/C12H17N3O2/c1-12(2,3)17-11(16)15-7-6-14-5-4-13-8-10(14)9-15/h4,6-8H,5,9H2,1-3H3. The van der Waals surface area contributed by atoms with E-state index in [1.807, 2.05) is 38.1 Å². The number of carbonyl (C=O) groups is 1. The molecule has 2 rings (SSSR count). The van der Waals surface area contributed by atoms with Crippen LogP contribution in [-0.4, -0.2) is 40.8 Å². The van der Waals surface area contributed by atoms with Crippen molar-refractivity contribution in [1.29, 1.82) is 0 Å². The fraction of sp³-hybridized carbons (Fsp3) is 0.500. The van der Waals surface area contributed by atoms with Gasteiger partial charge in [-0.05, 0) is 20.8 Å². The molecule has 92 valence electrons. The smallest absolute Gasteiger partial charge is 0.414 e. The van der Waals surface area contributed by atoms with Crippen molar-refractivity contribution in [3.63, 3.8) is 0 Å². The summed E-state index contributed by atoms with van der Waals surface area (Å²) in [4.78, 5) is 19.5. The second-order valence-electron chi connectivity index (χ2n) is 5.01. The number of fused-ring (bicyclic) bond motifs is 1. The van der Waals surface area contributed by atoms with Gasteiger partial charge in [0.25, 0.3) is 0 Å². The van der Waals surface area contributed by atoms with E-state index < -0.39 is 5.60 Å². The highest BCUT2D eigenvalue weighted by Gasteiger charge is 2.25. The normalized spacial score (nSPS) is 18.9. The summed E-state index contributed by atoms with van der Waals surface area (Å²) >= 11 is 0. The number of rotatable bonds is 0. The van der Waals surface area contributed by atoms with Crippen molar-refractivity contribution in [2.75, 3.05) is 13.1 Å². The molecule has 0 saturated heterocycles. The van der Waals surface area contributed by atoms with Crippen LogP contribution < -0.4 is 0 Å². The first-order valence-corrected chi connectivity index (χ1v) is 5.61. The Morgan fingerprint density at radius 2 is 2.18 bits per heavy atom. The fourth-order valence-electron chi connectivity index (χ4n) is 1.59. The third kappa shape index (κ3) is 2.87.